The number of esters is 1. The van der Waals surface area contributed by atoms with Gasteiger partial charge in [0.2, 0.25) is 0 Å². The summed E-state index contributed by atoms with van der Waals surface area (Å²) >= 11 is 0. The molecule has 0 aromatic heterocycles. The molecule has 0 spiro atoms. The Morgan fingerprint density at radius 2 is 1.81 bits per heavy atom. The molecule has 0 saturated carbocycles. The first-order chi connectivity index (χ1) is 12.3. The van der Waals surface area contributed by atoms with Gasteiger partial charge in [-0.1, -0.05) is 45.0 Å². The van der Waals surface area contributed by atoms with Crippen molar-refractivity contribution in [3.8, 4) is 0 Å². The van der Waals surface area contributed by atoms with E-state index in [0.29, 0.717) is 0 Å². The van der Waals surface area contributed by atoms with E-state index in [1.807, 2.05) is 7.05 Å². The Morgan fingerprint density at radius 1 is 1.22 bits per heavy atom. The molecule has 0 aliphatic carbocycles. The molecule has 1 aliphatic heterocycles. The van der Waals surface area contributed by atoms with Crippen molar-refractivity contribution >= 4 is 35.9 Å². The van der Waals surface area contributed by atoms with Gasteiger partial charge in [0.25, 0.3) is 0 Å². The highest BCUT2D eigenvalue weighted by Gasteiger charge is 2.26. The van der Waals surface area contributed by atoms with Gasteiger partial charge in [-0.15, -0.1) is 24.0 Å². The minimum absolute atomic E-state index is 0. The molecule has 0 radical (unpaired) electrons. The number of piperidine rings is 1. The zero-order chi connectivity index (χ0) is 19.2. The molecule has 2 rings (SSSR count). The van der Waals surface area contributed by atoms with Crippen LogP contribution in [0, 0.1) is 5.92 Å². The summed E-state index contributed by atoms with van der Waals surface area (Å²) in [5, 5.41) is 3.45. The minimum Gasteiger partial charge on any atom is -0.469 e. The standard InChI is InChI=1S/C21H33N3O2.HI/c1-21(2,3)18-8-6-16(7-9-18)10-13-23-20(22-4)24-14-11-17(12-15-24)19(25)26-5;/h6-9,17H,10-15H2,1-5H3,(H,22,23);1H. The zero-order valence-corrected chi connectivity index (χ0v) is 19.6. The fraction of sp³-hybridized carbons (Fsp3) is 0.619. The summed E-state index contributed by atoms with van der Waals surface area (Å²) in [5.41, 5.74) is 2.87. The number of carbonyl (C=O) groups is 1. The van der Waals surface area contributed by atoms with E-state index >= 15 is 0 Å². The van der Waals surface area contributed by atoms with E-state index in [1.54, 1.807) is 0 Å². The van der Waals surface area contributed by atoms with Gasteiger partial charge in [0.1, 0.15) is 0 Å². The summed E-state index contributed by atoms with van der Waals surface area (Å²) in [7, 11) is 3.27. The molecular weight excluding hydrogens is 453 g/mol. The Labute approximate surface area is 181 Å². The number of ether oxygens (including phenoxy) is 1. The van der Waals surface area contributed by atoms with Gasteiger partial charge in [-0.05, 0) is 35.8 Å². The van der Waals surface area contributed by atoms with Crippen molar-refractivity contribution < 1.29 is 9.53 Å². The molecule has 152 valence electrons. The average molecular weight is 487 g/mol. The number of hydrogen-bond acceptors (Lipinski definition) is 3. The van der Waals surface area contributed by atoms with E-state index < -0.39 is 0 Å². The third-order valence-corrected chi connectivity index (χ3v) is 5.06. The highest BCUT2D eigenvalue weighted by molar-refractivity contribution is 14.0. The van der Waals surface area contributed by atoms with Crippen LogP contribution in [-0.2, 0) is 21.4 Å². The predicted molar refractivity (Wildman–Crippen MR) is 122 cm³/mol. The van der Waals surface area contributed by atoms with Gasteiger partial charge in [0.15, 0.2) is 5.96 Å². The van der Waals surface area contributed by atoms with Gasteiger partial charge in [-0.25, -0.2) is 0 Å². The second kappa shape index (κ2) is 10.9. The number of guanidine groups is 1. The van der Waals surface area contributed by atoms with E-state index in [-0.39, 0.29) is 41.3 Å². The first-order valence-electron chi connectivity index (χ1n) is 9.48. The maximum atomic E-state index is 11.6. The van der Waals surface area contributed by atoms with Crippen molar-refractivity contribution in [1.29, 1.82) is 0 Å². The van der Waals surface area contributed by atoms with Crippen molar-refractivity contribution in [2.45, 2.75) is 45.4 Å². The largest absolute Gasteiger partial charge is 0.469 e. The van der Waals surface area contributed by atoms with Crippen molar-refractivity contribution in [3.63, 3.8) is 0 Å². The number of nitrogens with one attached hydrogen (secondary N) is 1. The van der Waals surface area contributed by atoms with Crippen LogP contribution in [0.1, 0.15) is 44.7 Å². The number of likely N-dealkylation sites (tertiary alicyclic amines) is 1. The zero-order valence-electron chi connectivity index (χ0n) is 17.2. The van der Waals surface area contributed by atoms with Gasteiger partial charge >= 0.3 is 5.97 Å². The third-order valence-electron chi connectivity index (χ3n) is 5.06. The monoisotopic (exact) mass is 487 g/mol. The maximum absolute atomic E-state index is 11.6. The van der Waals surface area contributed by atoms with Crippen LogP contribution in [0.25, 0.3) is 0 Å². The van der Waals surface area contributed by atoms with Gasteiger partial charge < -0.3 is 15.0 Å². The number of benzene rings is 1. The van der Waals surface area contributed by atoms with E-state index in [4.69, 9.17) is 4.74 Å². The Kier molecular flexibility index (Phi) is 9.56. The topological polar surface area (TPSA) is 53.9 Å². The van der Waals surface area contributed by atoms with E-state index in [9.17, 15) is 4.79 Å². The summed E-state index contributed by atoms with van der Waals surface area (Å²) in [4.78, 5) is 18.3. The number of carbonyl (C=O) groups excluding carboxylic acids is 1. The number of rotatable bonds is 4. The lowest BCUT2D eigenvalue weighted by Crippen LogP contribution is -2.47. The number of nitrogens with zero attached hydrogens (tertiary/aromatic N) is 2. The normalized spacial score (nSPS) is 15.9. The first kappa shape index (κ1) is 23.7. The minimum atomic E-state index is -0.0914. The lowest BCUT2D eigenvalue weighted by Gasteiger charge is -2.33. The van der Waals surface area contributed by atoms with E-state index in [1.165, 1.54) is 18.2 Å². The summed E-state index contributed by atoms with van der Waals surface area (Å²) in [6.07, 6.45) is 2.60. The van der Waals surface area contributed by atoms with Crippen molar-refractivity contribution in [3.05, 3.63) is 35.4 Å². The summed E-state index contributed by atoms with van der Waals surface area (Å²) in [6.45, 7) is 9.21. The Hall–Kier alpha value is -1.31. The van der Waals surface area contributed by atoms with Gasteiger partial charge in [0.05, 0.1) is 13.0 Å². The van der Waals surface area contributed by atoms with Crippen LogP contribution in [0.2, 0.25) is 0 Å². The molecule has 1 aromatic carbocycles. The highest BCUT2D eigenvalue weighted by atomic mass is 127. The van der Waals surface area contributed by atoms with Crippen molar-refractivity contribution in [2.24, 2.45) is 10.9 Å². The molecule has 0 atom stereocenters. The van der Waals surface area contributed by atoms with Crippen LogP contribution in [0.3, 0.4) is 0 Å². The molecule has 0 unspecified atom stereocenters. The van der Waals surface area contributed by atoms with Crippen molar-refractivity contribution in [2.75, 3.05) is 33.8 Å². The molecule has 6 heteroatoms. The molecule has 1 aromatic rings. The number of halogens is 1. The number of aliphatic imine (C=N–C) groups is 1. The second-order valence-electron chi connectivity index (χ2n) is 7.96. The molecule has 1 heterocycles. The second-order valence-corrected chi connectivity index (χ2v) is 7.96. The quantitative estimate of drug-likeness (QED) is 0.305. The Balaban J connectivity index is 0.00000364. The van der Waals surface area contributed by atoms with Crippen LogP contribution >= 0.6 is 24.0 Å². The summed E-state index contributed by atoms with van der Waals surface area (Å²) in [5.74, 6) is 0.849. The molecule has 1 fully saturated rings. The number of methoxy groups -OCH3 is 1. The molecule has 1 saturated heterocycles. The first-order valence-corrected chi connectivity index (χ1v) is 9.48. The van der Waals surface area contributed by atoms with Crippen LogP contribution in [0.4, 0.5) is 0 Å². The fourth-order valence-electron chi connectivity index (χ4n) is 3.32. The number of hydrogen-bond donors (Lipinski definition) is 1. The molecule has 1 N–H and O–H groups in total. The average Bonchev–Trinajstić information content (AvgIpc) is 2.64. The van der Waals surface area contributed by atoms with Crippen LogP contribution in [0.5, 0.6) is 0 Å². The molecule has 0 amide bonds. The predicted octanol–water partition coefficient (Wildman–Crippen LogP) is 3.61. The highest BCUT2D eigenvalue weighted by Crippen LogP contribution is 2.22. The summed E-state index contributed by atoms with van der Waals surface area (Å²) in [6, 6.07) is 8.88. The van der Waals surface area contributed by atoms with E-state index in [0.717, 1.165) is 44.9 Å². The lowest BCUT2D eigenvalue weighted by atomic mass is 9.86. The van der Waals surface area contributed by atoms with Gasteiger partial charge in [-0.3, -0.25) is 9.79 Å². The van der Waals surface area contributed by atoms with Crippen LogP contribution < -0.4 is 5.32 Å². The third kappa shape index (κ3) is 6.97. The van der Waals surface area contributed by atoms with Crippen LogP contribution in [0.15, 0.2) is 29.3 Å². The molecule has 5 nitrogen and oxygen atoms in total. The fourth-order valence-corrected chi connectivity index (χ4v) is 3.32. The Morgan fingerprint density at radius 3 is 2.30 bits per heavy atom. The van der Waals surface area contributed by atoms with Crippen molar-refractivity contribution in [1.82, 2.24) is 10.2 Å². The molecular formula is C21H34IN3O2. The SMILES string of the molecule is CN=C(NCCc1ccc(C(C)(C)C)cc1)N1CCC(C(=O)OC)CC1.I. The van der Waals surface area contributed by atoms with Crippen LogP contribution in [-0.4, -0.2) is 50.6 Å². The smallest absolute Gasteiger partial charge is 0.308 e. The summed E-state index contributed by atoms with van der Waals surface area (Å²) < 4.78 is 4.85. The van der Waals surface area contributed by atoms with E-state index in [2.05, 4.69) is 60.2 Å². The Bertz CT molecular complexity index is 615. The molecule has 1 aliphatic rings. The van der Waals surface area contributed by atoms with Gasteiger partial charge in [0, 0.05) is 26.7 Å². The molecule has 0 bridgehead atoms. The molecule has 27 heavy (non-hydrogen) atoms. The lowest BCUT2D eigenvalue weighted by molar-refractivity contribution is -0.146. The van der Waals surface area contributed by atoms with Gasteiger partial charge in [-0.2, -0.15) is 0 Å². The maximum Gasteiger partial charge on any atom is 0.308 e.